The van der Waals surface area contributed by atoms with Crippen LogP contribution in [0.1, 0.15) is 26.7 Å². The molecule has 0 saturated carbocycles. The molecule has 0 aromatic carbocycles. The van der Waals surface area contributed by atoms with E-state index in [1.165, 1.54) is 25.9 Å². The van der Waals surface area contributed by atoms with Crippen LogP contribution in [-0.2, 0) is 0 Å². The predicted molar refractivity (Wildman–Crippen MR) is 67.7 cm³/mol. The van der Waals surface area contributed by atoms with Gasteiger partial charge in [-0.25, -0.2) is 0 Å². The smallest absolute Gasteiger partial charge is 0.194 e. The van der Waals surface area contributed by atoms with Crippen molar-refractivity contribution in [2.45, 2.75) is 32.7 Å². The molecule has 0 bridgehead atoms. The van der Waals surface area contributed by atoms with Crippen molar-refractivity contribution in [2.75, 3.05) is 32.7 Å². The van der Waals surface area contributed by atoms with Gasteiger partial charge in [-0.2, -0.15) is 0 Å². The summed E-state index contributed by atoms with van der Waals surface area (Å²) in [7, 11) is 0. The Morgan fingerprint density at radius 2 is 2.19 bits per heavy atom. The highest BCUT2D eigenvalue weighted by atomic mass is 15.3. The van der Waals surface area contributed by atoms with E-state index in [2.05, 4.69) is 34.4 Å². The van der Waals surface area contributed by atoms with Crippen molar-refractivity contribution in [3.63, 3.8) is 0 Å². The van der Waals surface area contributed by atoms with Gasteiger partial charge >= 0.3 is 0 Å². The number of guanidine groups is 1. The SMILES string of the molecule is CC(C)N1CCN=C1NCC1CCNCC1. The molecule has 0 aromatic heterocycles. The summed E-state index contributed by atoms with van der Waals surface area (Å²) in [6, 6.07) is 0.557. The van der Waals surface area contributed by atoms with Crippen LogP contribution in [0.2, 0.25) is 0 Å². The highest BCUT2D eigenvalue weighted by Gasteiger charge is 2.20. The Kier molecular flexibility index (Phi) is 4.04. The summed E-state index contributed by atoms with van der Waals surface area (Å²) in [6.45, 7) is 9.92. The minimum atomic E-state index is 0.557. The number of hydrogen-bond donors (Lipinski definition) is 2. The molecule has 0 unspecified atom stereocenters. The van der Waals surface area contributed by atoms with E-state index in [1.807, 2.05) is 0 Å². The standard InChI is InChI=1S/C12H24N4/c1-10(2)16-8-7-14-12(16)15-9-11-3-5-13-6-4-11/h10-11,13H,3-9H2,1-2H3,(H,14,15). The Hall–Kier alpha value is -0.770. The van der Waals surface area contributed by atoms with Crippen molar-refractivity contribution in [3.8, 4) is 0 Å². The van der Waals surface area contributed by atoms with Gasteiger partial charge in [-0.05, 0) is 45.7 Å². The molecule has 1 saturated heterocycles. The number of hydrogen-bond acceptors (Lipinski definition) is 4. The van der Waals surface area contributed by atoms with Crippen molar-refractivity contribution < 1.29 is 0 Å². The lowest BCUT2D eigenvalue weighted by Crippen LogP contribution is -2.45. The van der Waals surface area contributed by atoms with Crippen molar-refractivity contribution >= 4 is 5.96 Å². The molecule has 92 valence electrons. The highest BCUT2D eigenvalue weighted by Crippen LogP contribution is 2.11. The van der Waals surface area contributed by atoms with Crippen LogP contribution in [0.15, 0.2) is 4.99 Å². The normalized spacial score (nSPS) is 22.7. The molecular weight excluding hydrogens is 200 g/mol. The third-order valence-electron chi connectivity index (χ3n) is 3.51. The second-order valence-electron chi connectivity index (χ2n) is 5.07. The van der Waals surface area contributed by atoms with E-state index in [0.717, 1.165) is 31.5 Å². The van der Waals surface area contributed by atoms with Crippen LogP contribution in [0.4, 0.5) is 0 Å². The Morgan fingerprint density at radius 3 is 2.88 bits per heavy atom. The molecule has 2 heterocycles. The molecule has 4 heteroatoms. The van der Waals surface area contributed by atoms with Gasteiger partial charge in [0, 0.05) is 19.1 Å². The maximum atomic E-state index is 4.54. The van der Waals surface area contributed by atoms with Crippen molar-refractivity contribution in [1.82, 2.24) is 15.5 Å². The van der Waals surface area contributed by atoms with Gasteiger partial charge in [0.15, 0.2) is 5.96 Å². The molecule has 0 spiro atoms. The monoisotopic (exact) mass is 224 g/mol. The third-order valence-corrected chi connectivity index (χ3v) is 3.51. The van der Waals surface area contributed by atoms with Gasteiger partial charge in [0.1, 0.15) is 0 Å². The number of nitrogens with zero attached hydrogens (tertiary/aromatic N) is 2. The summed E-state index contributed by atoms with van der Waals surface area (Å²) in [6.07, 6.45) is 2.59. The van der Waals surface area contributed by atoms with Crippen LogP contribution in [-0.4, -0.2) is 49.6 Å². The average Bonchev–Trinajstić information content (AvgIpc) is 2.76. The molecule has 1 fully saturated rings. The second kappa shape index (κ2) is 5.53. The summed E-state index contributed by atoms with van der Waals surface area (Å²) in [4.78, 5) is 6.90. The largest absolute Gasteiger partial charge is 0.356 e. The quantitative estimate of drug-likeness (QED) is 0.739. The lowest BCUT2D eigenvalue weighted by molar-refractivity contribution is 0.345. The minimum Gasteiger partial charge on any atom is -0.356 e. The van der Waals surface area contributed by atoms with Gasteiger partial charge in [-0.1, -0.05) is 0 Å². The van der Waals surface area contributed by atoms with Gasteiger partial charge in [0.05, 0.1) is 6.54 Å². The van der Waals surface area contributed by atoms with Crippen LogP contribution < -0.4 is 10.6 Å². The molecule has 2 rings (SSSR count). The Labute approximate surface area is 98.5 Å². The zero-order valence-electron chi connectivity index (χ0n) is 10.5. The fourth-order valence-electron chi connectivity index (χ4n) is 2.44. The topological polar surface area (TPSA) is 39.7 Å². The van der Waals surface area contributed by atoms with Gasteiger partial charge in [-0.15, -0.1) is 0 Å². The van der Waals surface area contributed by atoms with Crippen LogP contribution in [0.3, 0.4) is 0 Å². The van der Waals surface area contributed by atoms with Gasteiger partial charge in [0.25, 0.3) is 0 Å². The summed E-state index contributed by atoms with van der Waals surface area (Å²) in [5, 5.41) is 6.93. The van der Waals surface area contributed by atoms with E-state index in [4.69, 9.17) is 0 Å². The van der Waals surface area contributed by atoms with Crippen LogP contribution in [0.5, 0.6) is 0 Å². The average molecular weight is 224 g/mol. The van der Waals surface area contributed by atoms with E-state index >= 15 is 0 Å². The number of aliphatic imine (C=N–C) groups is 1. The molecular formula is C12H24N4. The highest BCUT2D eigenvalue weighted by molar-refractivity contribution is 5.81. The molecule has 2 aliphatic heterocycles. The number of nitrogens with one attached hydrogen (secondary N) is 2. The first kappa shape index (κ1) is 11.7. The van der Waals surface area contributed by atoms with E-state index in [1.54, 1.807) is 0 Å². The molecule has 16 heavy (non-hydrogen) atoms. The molecule has 4 nitrogen and oxygen atoms in total. The zero-order valence-corrected chi connectivity index (χ0v) is 10.5. The fraction of sp³-hybridized carbons (Fsp3) is 0.917. The molecule has 2 N–H and O–H groups in total. The molecule has 0 atom stereocenters. The van der Waals surface area contributed by atoms with Crippen molar-refractivity contribution in [3.05, 3.63) is 0 Å². The van der Waals surface area contributed by atoms with Crippen LogP contribution in [0.25, 0.3) is 0 Å². The molecule has 0 amide bonds. The summed E-state index contributed by atoms with van der Waals surface area (Å²) >= 11 is 0. The molecule has 2 aliphatic rings. The zero-order chi connectivity index (χ0) is 11.4. The lowest BCUT2D eigenvalue weighted by atomic mass is 9.98. The van der Waals surface area contributed by atoms with Crippen LogP contribution >= 0.6 is 0 Å². The minimum absolute atomic E-state index is 0.557. The van der Waals surface area contributed by atoms with E-state index in [0.29, 0.717) is 6.04 Å². The maximum Gasteiger partial charge on any atom is 0.194 e. The summed E-state index contributed by atoms with van der Waals surface area (Å²) in [5.41, 5.74) is 0. The van der Waals surface area contributed by atoms with Crippen molar-refractivity contribution in [1.29, 1.82) is 0 Å². The van der Waals surface area contributed by atoms with Gasteiger partial charge in [-0.3, -0.25) is 4.99 Å². The first-order valence-corrected chi connectivity index (χ1v) is 6.53. The Bertz CT molecular complexity index is 243. The van der Waals surface area contributed by atoms with E-state index in [9.17, 15) is 0 Å². The van der Waals surface area contributed by atoms with Gasteiger partial charge in [0.2, 0.25) is 0 Å². The summed E-state index contributed by atoms with van der Waals surface area (Å²) in [5.74, 6) is 1.94. The van der Waals surface area contributed by atoms with Crippen LogP contribution in [0, 0.1) is 5.92 Å². The second-order valence-corrected chi connectivity index (χ2v) is 5.07. The van der Waals surface area contributed by atoms with Crippen molar-refractivity contribution in [2.24, 2.45) is 10.9 Å². The van der Waals surface area contributed by atoms with Gasteiger partial charge < -0.3 is 15.5 Å². The third kappa shape index (κ3) is 2.88. The molecule has 0 aromatic rings. The predicted octanol–water partition coefficient (Wildman–Crippen LogP) is 0.656. The van der Waals surface area contributed by atoms with E-state index < -0.39 is 0 Å². The number of rotatable bonds is 3. The maximum absolute atomic E-state index is 4.54. The van der Waals surface area contributed by atoms with E-state index in [-0.39, 0.29) is 0 Å². The first-order chi connectivity index (χ1) is 7.77. The fourth-order valence-corrected chi connectivity index (χ4v) is 2.44. The number of piperidine rings is 1. The molecule has 0 aliphatic carbocycles. The molecule has 0 radical (unpaired) electrons. The first-order valence-electron chi connectivity index (χ1n) is 6.53. The summed E-state index contributed by atoms with van der Waals surface area (Å²) < 4.78 is 0. The lowest BCUT2D eigenvalue weighted by Gasteiger charge is -2.28. The Balaban J connectivity index is 1.76. The Morgan fingerprint density at radius 1 is 1.44 bits per heavy atom.